The second-order valence-corrected chi connectivity index (χ2v) is 10.7. The van der Waals surface area contributed by atoms with Crippen LogP contribution in [0.1, 0.15) is 46.0 Å². The van der Waals surface area contributed by atoms with Crippen LogP contribution in [0.3, 0.4) is 0 Å². The van der Waals surface area contributed by atoms with E-state index < -0.39 is 6.10 Å². The van der Waals surface area contributed by atoms with E-state index in [0.29, 0.717) is 24.3 Å². The number of nitrogens with zero attached hydrogens (tertiary/aromatic N) is 1. The van der Waals surface area contributed by atoms with Gasteiger partial charge in [0.05, 0.1) is 12.2 Å². The van der Waals surface area contributed by atoms with Crippen LogP contribution in [0.2, 0.25) is 0 Å². The van der Waals surface area contributed by atoms with Crippen molar-refractivity contribution < 1.29 is 15.0 Å². The van der Waals surface area contributed by atoms with Gasteiger partial charge in [0.2, 0.25) is 0 Å². The van der Waals surface area contributed by atoms with Gasteiger partial charge in [-0.1, -0.05) is 20.4 Å². The molecule has 5 saturated carbocycles. The highest BCUT2D eigenvalue weighted by molar-refractivity contribution is 5.87. The normalized spacial score (nSPS) is 62.7. The Morgan fingerprint density at radius 3 is 2.81 bits per heavy atom. The number of piperidine rings is 1. The molecule has 0 amide bonds. The molecule has 0 aromatic heterocycles. The molecule has 26 heavy (non-hydrogen) atoms. The minimum absolute atomic E-state index is 0.130. The number of aliphatic hydroxyl groups is 2. The van der Waals surface area contributed by atoms with Crippen molar-refractivity contribution in [1.29, 1.82) is 0 Å². The van der Waals surface area contributed by atoms with Gasteiger partial charge in [-0.05, 0) is 61.0 Å². The molecule has 1 aliphatic heterocycles. The van der Waals surface area contributed by atoms with Crippen molar-refractivity contribution in [2.75, 3.05) is 13.1 Å². The zero-order chi connectivity index (χ0) is 18.2. The Morgan fingerprint density at radius 1 is 1.31 bits per heavy atom. The molecular weight excluding hydrogens is 326 g/mol. The highest BCUT2D eigenvalue weighted by Gasteiger charge is 2.85. The van der Waals surface area contributed by atoms with Crippen LogP contribution < -0.4 is 0 Å². The molecule has 0 radical (unpaired) electrons. The summed E-state index contributed by atoms with van der Waals surface area (Å²) in [5.41, 5.74) is 0.598. The average Bonchev–Trinajstić information content (AvgIpc) is 3.14. The molecule has 0 aromatic carbocycles. The molecule has 0 unspecified atom stereocenters. The van der Waals surface area contributed by atoms with Gasteiger partial charge >= 0.3 is 0 Å². The van der Waals surface area contributed by atoms with Crippen LogP contribution in [0.4, 0.5) is 0 Å². The minimum atomic E-state index is -0.561. The average molecular weight is 357 g/mol. The van der Waals surface area contributed by atoms with Crippen molar-refractivity contribution >= 4 is 5.78 Å². The van der Waals surface area contributed by atoms with Gasteiger partial charge in [-0.2, -0.15) is 0 Å². The zero-order valence-electron chi connectivity index (χ0n) is 15.9. The van der Waals surface area contributed by atoms with Crippen molar-refractivity contribution in [3.05, 3.63) is 12.2 Å². The van der Waals surface area contributed by atoms with Gasteiger partial charge in [0.15, 0.2) is 0 Å². The number of hydrogen-bond acceptors (Lipinski definition) is 4. The van der Waals surface area contributed by atoms with E-state index in [1.54, 1.807) is 0 Å². The number of hydrogen-bond donors (Lipinski definition) is 2. The van der Waals surface area contributed by atoms with E-state index in [0.717, 1.165) is 44.3 Å². The second-order valence-electron chi connectivity index (χ2n) is 10.7. The van der Waals surface area contributed by atoms with E-state index in [4.69, 9.17) is 0 Å². The highest BCUT2D eigenvalue weighted by Crippen LogP contribution is 2.83. The largest absolute Gasteiger partial charge is 0.392 e. The van der Waals surface area contributed by atoms with E-state index in [1.165, 1.54) is 0 Å². The number of aliphatic hydroxyl groups excluding tert-OH is 2. The summed E-state index contributed by atoms with van der Waals surface area (Å²) in [5, 5.41) is 22.8. The molecule has 7 bridgehead atoms. The smallest absolute Gasteiger partial charge is 0.140 e. The van der Waals surface area contributed by atoms with Crippen molar-refractivity contribution in [1.82, 2.24) is 4.90 Å². The molecule has 4 nitrogen and oxygen atoms in total. The Kier molecular flexibility index (Phi) is 2.80. The number of fused-ring (bicyclic) bond motifs is 1. The minimum Gasteiger partial charge on any atom is -0.392 e. The third-order valence-corrected chi connectivity index (χ3v) is 10.4. The van der Waals surface area contributed by atoms with Gasteiger partial charge < -0.3 is 10.2 Å². The van der Waals surface area contributed by atoms with Gasteiger partial charge in [0, 0.05) is 35.8 Å². The summed E-state index contributed by atoms with van der Waals surface area (Å²) in [4.78, 5) is 15.6. The molecule has 142 valence electrons. The predicted molar refractivity (Wildman–Crippen MR) is 97.2 cm³/mol. The molecule has 4 heteroatoms. The van der Waals surface area contributed by atoms with Crippen LogP contribution in [-0.2, 0) is 4.79 Å². The molecule has 2 N–H and O–H groups in total. The lowest BCUT2D eigenvalue weighted by molar-refractivity contribution is -0.211. The first kappa shape index (κ1) is 16.3. The van der Waals surface area contributed by atoms with Crippen LogP contribution >= 0.6 is 0 Å². The summed E-state index contributed by atoms with van der Waals surface area (Å²) in [5.74, 6) is 1.16. The van der Waals surface area contributed by atoms with Crippen molar-refractivity contribution in [3.63, 3.8) is 0 Å². The van der Waals surface area contributed by atoms with Crippen molar-refractivity contribution in [3.8, 4) is 0 Å². The standard InChI is InChI=1S/C22H31NO3/c1-4-23-10-20(3)6-5-17(25)22-15(20)7-13(18(22)23)21-9-12(11(2)19(21)26)14(24)8-16(21)22/h12-13,15-19,25-26H,2,4-10H2,1,3H3/t12-,13+,15+,16-,17+,18+,19-,20+,21-,22+/m1/s1. The van der Waals surface area contributed by atoms with Gasteiger partial charge in [0.25, 0.3) is 0 Å². The molecule has 1 heterocycles. The van der Waals surface area contributed by atoms with Gasteiger partial charge in [0.1, 0.15) is 5.78 Å². The van der Waals surface area contributed by atoms with Crippen LogP contribution in [0.25, 0.3) is 0 Å². The Labute approximate surface area is 155 Å². The first-order chi connectivity index (χ1) is 12.3. The van der Waals surface area contributed by atoms with Crippen LogP contribution in [0.5, 0.6) is 0 Å². The van der Waals surface area contributed by atoms with E-state index in [-0.39, 0.29) is 40.0 Å². The fraction of sp³-hybridized carbons (Fsp3) is 0.864. The maximum absolute atomic E-state index is 13.0. The first-order valence-corrected chi connectivity index (χ1v) is 10.6. The third-order valence-electron chi connectivity index (χ3n) is 10.4. The van der Waals surface area contributed by atoms with Crippen molar-refractivity contribution in [2.45, 2.75) is 64.2 Å². The maximum atomic E-state index is 13.0. The monoisotopic (exact) mass is 357 g/mol. The summed E-state index contributed by atoms with van der Waals surface area (Å²) in [6.45, 7) is 10.9. The summed E-state index contributed by atoms with van der Waals surface area (Å²) in [7, 11) is 0. The number of rotatable bonds is 1. The number of Topliss-reactive ketones (excluding diaryl/α,β-unsaturated/α-hetero) is 1. The Hall–Kier alpha value is -0.710. The zero-order valence-corrected chi connectivity index (χ0v) is 15.9. The molecule has 0 aromatic rings. The topological polar surface area (TPSA) is 60.8 Å². The molecule has 2 spiro atoms. The SMILES string of the molecule is C=C1[C@H]2C[C@]3([C@@H]1O)[C@@H](CC2=O)[C@@]12[C@@H]4[C@@H]3C[C@H]1[C@@](C)(CC[C@@H]2O)CN4CC. The quantitative estimate of drug-likeness (QED) is 0.705. The Morgan fingerprint density at radius 2 is 2.08 bits per heavy atom. The van der Waals surface area contributed by atoms with Crippen LogP contribution in [-0.4, -0.2) is 52.2 Å². The van der Waals surface area contributed by atoms with E-state index in [2.05, 4.69) is 25.3 Å². The number of carbonyl (C=O) groups excluding carboxylic acids is 1. The molecule has 1 saturated heterocycles. The van der Waals surface area contributed by atoms with Crippen LogP contribution in [0, 0.1) is 39.9 Å². The first-order valence-electron chi connectivity index (χ1n) is 10.6. The molecular formula is C22H31NO3. The second kappa shape index (κ2) is 4.47. The summed E-state index contributed by atoms with van der Waals surface area (Å²) in [6, 6.07) is 0.331. The number of likely N-dealkylation sites (tertiary alicyclic amines) is 1. The fourth-order valence-corrected chi connectivity index (χ4v) is 9.75. The van der Waals surface area contributed by atoms with Crippen LogP contribution in [0.15, 0.2) is 12.2 Å². The molecule has 6 aliphatic rings. The molecule has 6 rings (SSSR count). The molecule has 5 aliphatic carbocycles. The van der Waals surface area contributed by atoms with Gasteiger partial charge in [-0.25, -0.2) is 0 Å². The summed E-state index contributed by atoms with van der Waals surface area (Å²) in [6.07, 6.45) is 3.50. The number of carbonyl (C=O) groups is 1. The summed E-state index contributed by atoms with van der Waals surface area (Å²) < 4.78 is 0. The Bertz CT molecular complexity index is 735. The van der Waals surface area contributed by atoms with E-state index in [1.807, 2.05) is 0 Å². The van der Waals surface area contributed by atoms with Gasteiger partial charge in [-0.3, -0.25) is 9.69 Å². The fourth-order valence-electron chi connectivity index (χ4n) is 9.75. The number of ketones is 1. The van der Waals surface area contributed by atoms with E-state index >= 15 is 0 Å². The summed E-state index contributed by atoms with van der Waals surface area (Å²) >= 11 is 0. The van der Waals surface area contributed by atoms with Gasteiger partial charge in [-0.15, -0.1) is 0 Å². The molecule has 10 atom stereocenters. The Balaban J connectivity index is 1.62. The maximum Gasteiger partial charge on any atom is 0.140 e. The van der Waals surface area contributed by atoms with E-state index in [9.17, 15) is 15.0 Å². The van der Waals surface area contributed by atoms with Crippen molar-refractivity contribution in [2.24, 2.45) is 39.9 Å². The lowest BCUT2D eigenvalue weighted by atomic mass is 9.43. The highest BCUT2D eigenvalue weighted by atomic mass is 16.3. The predicted octanol–water partition coefficient (Wildman–Crippen LogP) is 2.00. The molecule has 6 fully saturated rings. The lowest BCUT2D eigenvalue weighted by Gasteiger charge is -2.65. The third kappa shape index (κ3) is 1.33. The lowest BCUT2D eigenvalue weighted by Crippen LogP contribution is -2.68.